The van der Waals surface area contributed by atoms with Crippen LogP contribution in [0.3, 0.4) is 0 Å². The Morgan fingerprint density at radius 2 is 1.79 bits per heavy atom. The molecular formula is C22H20FN3O6S. The highest BCUT2D eigenvalue weighted by Crippen LogP contribution is 2.29. The number of halogens is 1. The molecule has 3 aromatic carbocycles. The minimum atomic E-state index is -3.75. The predicted molar refractivity (Wildman–Crippen MR) is 121 cm³/mol. The van der Waals surface area contributed by atoms with Crippen molar-refractivity contribution < 1.29 is 27.3 Å². The fourth-order valence-electron chi connectivity index (χ4n) is 3.06. The molecule has 0 aromatic heterocycles. The van der Waals surface area contributed by atoms with Gasteiger partial charge < -0.3 is 10.1 Å². The van der Waals surface area contributed by atoms with Crippen molar-refractivity contribution in [2.75, 3.05) is 23.0 Å². The summed E-state index contributed by atoms with van der Waals surface area (Å²) in [5, 5.41) is 13.6. The van der Waals surface area contributed by atoms with Crippen molar-refractivity contribution in [3.63, 3.8) is 0 Å². The molecule has 0 spiro atoms. The molecule has 0 saturated carbocycles. The summed E-state index contributed by atoms with van der Waals surface area (Å²) in [4.78, 5) is 23.1. The maximum absolute atomic E-state index is 14.0. The Balaban J connectivity index is 1.85. The molecule has 9 nitrogen and oxygen atoms in total. The number of rotatable bonds is 8. The van der Waals surface area contributed by atoms with Gasteiger partial charge in [-0.05, 0) is 36.4 Å². The molecule has 33 heavy (non-hydrogen) atoms. The minimum Gasteiger partial charge on any atom is -0.495 e. The Morgan fingerprint density at radius 3 is 2.36 bits per heavy atom. The van der Waals surface area contributed by atoms with Crippen LogP contribution < -0.4 is 14.4 Å². The van der Waals surface area contributed by atoms with Gasteiger partial charge in [-0.3, -0.25) is 19.2 Å². The lowest BCUT2D eigenvalue weighted by Gasteiger charge is -2.23. The van der Waals surface area contributed by atoms with Crippen molar-refractivity contribution in [1.29, 1.82) is 0 Å². The first-order valence-corrected chi connectivity index (χ1v) is 11.4. The summed E-state index contributed by atoms with van der Waals surface area (Å²) in [6, 6.07) is 15.3. The molecule has 1 amide bonds. The van der Waals surface area contributed by atoms with Crippen molar-refractivity contribution >= 4 is 33.0 Å². The molecule has 0 aliphatic carbocycles. The number of benzene rings is 3. The van der Waals surface area contributed by atoms with Crippen molar-refractivity contribution in [3.8, 4) is 5.75 Å². The van der Waals surface area contributed by atoms with Gasteiger partial charge in [0, 0.05) is 23.3 Å². The number of ether oxygens (including phenoxy) is 1. The fraction of sp³-hybridized carbons (Fsp3) is 0.136. The maximum Gasteiger partial charge on any atom is 0.271 e. The van der Waals surface area contributed by atoms with Crippen LogP contribution in [-0.4, -0.2) is 32.6 Å². The largest absolute Gasteiger partial charge is 0.495 e. The third kappa shape index (κ3) is 5.63. The van der Waals surface area contributed by atoms with E-state index in [0.717, 1.165) is 10.6 Å². The molecule has 172 valence electrons. The van der Waals surface area contributed by atoms with E-state index >= 15 is 0 Å². The maximum atomic E-state index is 14.0. The van der Waals surface area contributed by atoms with E-state index in [9.17, 15) is 27.7 Å². The molecule has 0 fully saturated rings. The molecule has 3 aromatic rings. The first-order chi connectivity index (χ1) is 15.6. The Morgan fingerprint density at radius 1 is 1.12 bits per heavy atom. The van der Waals surface area contributed by atoms with Crippen molar-refractivity contribution in [3.05, 3.63) is 93.8 Å². The van der Waals surface area contributed by atoms with Gasteiger partial charge in [0.15, 0.2) is 0 Å². The molecule has 0 atom stereocenters. The molecule has 0 saturated heterocycles. The van der Waals surface area contributed by atoms with Gasteiger partial charge in [-0.2, -0.15) is 0 Å². The molecule has 0 aliphatic heterocycles. The van der Waals surface area contributed by atoms with Crippen LogP contribution in [0.5, 0.6) is 5.75 Å². The minimum absolute atomic E-state index is 0.109. The third-order valence-electron chi connectivity index (χ3n) is 4.73. The Bertz CT molecular complexity index is 1300. The molecule has 3 rings (SSSR count). The number of anilines is 2. The standard InChI is InChI=1S/C22H20FN3O6S/c1-32-21-12-11-18(26(28)29)13-20(21)24-22(27)15-7-9-17(10-8-15)25(33(2,30)31)14-16-5-3-4-6-19(16)23/h3-13H,14H2,1-2H3,(H,24,27). The summed E-state index contributed by atoms with van der Waals surface area (Å²) >= 11 is 0. The van der Waals surface area contributed by atoms with E-state index in [4.69, 9.17) is 4.74 Å². The zero-order valence-corrected chi connectivity index (χ0v) is 18.5. The van der Waals surface area contributed by atoms with E-state index in [1.165, 1.54) is 67.8 Å². The van der Waals surface area contributed by atoms with Crippen molar-refractivity contribution in [2.45, 2.75) is 6.54 Å². The fourth-order valence-corrected chi connectivity index (χ4v) is 3.94. The number of nitrogens with one attached hydrogen (secondary N) is 1. The molecule has 11 heteroatoms. The number of nitro groups is 1. The zero-order chi connectivity index (χ0) is 24.2. The van der Waals surface area contributed by atoms with Crippen LogP contribution in [0.15, 0.2) is 66.7 Å². The normalized spacial score (nSPS) is 11.0. The molecule has 0 radical (unpaired) electrons. The first-order valence-electron chi connectivity index (χ1n) is 9.55. The SMILES string of the molecule is COc1ccc([N+](=O)[O-])cc1NC(=O)c1ccc(N(Cc2ccccc2F)S(C)(=O)=O)cc1. The third-order valence-corrected chi connectivity index (χ3v) is 5.87. The van der Waals surface area contributed by atoms with Gasteiger partial charge in [-0.1, -0.05) is 18.2 Å². The van der Waals surface area contributed by atoms with E-state index in [1.807, 2.05) is 0 Å². The summed E-state index contributed by atoms with van der Waals surface area (Å²) in [7, 11) is -2.39. The van der Waals surface area contributed by atoms with Crippen LogP contribution in [0, 0.1) is 15.9 Å². The van der Waals surface area contributed by atoms with Gasteiger partial charge in [-0.15, -0.1) is 0 Å². The van der Waals surface area contributed by atoms with E-state index < -0.39 is 26.7 Å². The zero-order valence-electron chi connectivity index (χ0n) is 17.7. The van der Waals surface area contributed by atoms with E-state index in [2.05, 4.69) is 5.32 Å². The average molecular weight is 473 g/mol. The Kier molecular flexibility index (Phi) is 6.92. The second-order valence-electron chi connectivity index (χ2n) is 7.00. The smallest absolute Gasteiger partial charge is 0.271 e. The van der Waals surface area contributed by atoms with Gasteiger partial charge in [-0.25, -0.2) is 12.8 Å². The number of hydrogen-bond donors (Lipinski definition) is 1. The monoisotopic (exact) mass is 473 g/mol. The molecule has 0 heterocycles. The molecule has 0 aliphatic rings. The highest BCUT2D eigenvalue weighted by molar-refractivity contribution is 7.92. The Labute approximate surface area is 189 Å². The first kappa shape index (κ1) is 23.7. The number of carbonyl (C=O) groups is 1. The van der Waals surface area contributed by atoms with E-state index in [0.29, 0.717) is 0 Å². The average Bonchev–Trinajstić information content (AvgIpc) is 2.77. The van der Waals surface area contributed by atoms with Gasteiger partial charge in [0.2, 0.25) is 10.0 Å². The van der Waals surface area contributed by atoms with Crippen LogP contribution in [0.2, 0.25) is 0 Å². The van der Waals surface area contributed by atoms with Crippen LogP contribution in [0.4, 0.5) is 21.5 Å². The van der Waals surface area contributed by atoms with Crippen LogP contribution >= 0.6 is 0 Å². The van der Waals surface area contributed by atoms with Crippen LogP contribution in [-0.2, 0) is 16.6 Å². The summed E-state index contributed by atoms with van der Waals surface area (Å²) < 4.78 is 44.8. The summed E-state index contributed by atoms with van der Waals surface area (Å²) in [5.41, 5.74) is 0.496. The van der Waals surface area contributed by atoms with Gasteiger partial charge in [0.05, 0.1) is 36.2 Å². The van der Waals surface area contributed by atoms with Crippen LogP contribution in [0.1, 0.15) is 15.9 Å². The van der Waals surface area contributed by atoms with Crippen LogP contribution in [0.25, 0.3) is 0 Å². The number of nitro benzene ring substituents is 1. The summed E-state index contributed by atoms with van der Waals surface area (Å²) in [6.45, 7) is -0.220. The predicted octanol–water partition coefficient (Wildman–Crippen LogP) is 3.96. The number of carbonyl (C=O) groups excluding carboxylic acids is 1. The number of amides is 1. The number of methoxy groups -OCH3 is 1. The molecule has 0 unspecified atom stereocenters. The number of sulfonamides is 1. The topological polar surface area (TPSA) is 119 Å². The highest BCUT2D eigenvalue weighted by atomic mass is 32.2. The number of nitrogens with zero attached hydrogens (tertiary/aromatic N) is 2. The van der Waals surface area contributed by atoms with Gasteiger partial charge in [0.25, 0.3) is 11.6 Å². The highest BCUT2D eigenvalue weighted by Gasteiger charge is 2.20. The Hall–Kier alpha value is -3.99. The second kappa shape index (κ2) is 9.65. The van der Waals surface area contributed by atoms with Gasteiger partial charge >= 0.3 is 0 Å². The second-order valence-corrected chi connectivity index (χ2v) is 8.91. The summed E-state index contributed by atoms with van der Waals surface area (Å²) in [5.74, 6) is -0.882. The lowest BCUT2D eigenvalue weighted by molar-refractivity contribution is -0.384. The lowest BCUT2D eigenvalue weighted by atomic mass is 10.1. The van der Waals surface area contributed by atoms with Crippen molar-refractivity contribution in [1.82, 2.24) is 0 Å². The molecular weight excluding hydrogens is 453 g/mol. The quantitative estimate of drug-likeness (QED) is 0.391. The van der Waals surface area contributed by atoms with Crippen molar-refractivity contribution in [2.24, 2.45) is 0 Å². The summed E-state index contributed by atoms with van der Waals surface area (Å²) in [6.07, 6.45) is 1.00. The van der Waals surface area contributed by atoms with E-state index in [1.54, 1.807) is 6.07 Å². The lowest BCUT2D eigenvalue weighted by Crippen LogP contribution is -2.29. The van der Waals surface area contributed by atoms with E-state index in [-0.39, 0.29) is 40.5 Å². The molecule has 0 bridgehead atoms. The van der Waals surface area contributed by atoms with Gasteiger partial charge in [0.1, 0.15) is 11.6 Å². The number of hydrogen-bond acceptors (Lipinski definition) is 6. The molecule has 1 N–H and O–H groups in total. The number of non-ortho nitro benzene ring substituents is 1.